The second-order valence-corrected chi connectivity index (χ2v) is 3.07. The predicted octanol–water partition coefficient (Wildman–Crippen LogP) is 0.418. The van der Waals surface area contributed by atoms with Crippen molar-refractivity contribution in [2.45, 2.75) is 13.3 Å². The van der Waals surface area contributed by atoms with Crippen LogP contribution >= 0.6 is 0 Å². The lowest BCUT2D eigenvalue weighted by atomic mass is 10.1. The van der Waals surface area contributed by atoms with Crippen molar-refractivity contribution in [1.82, 2.24) is 0 Å². The van der Waals surface area contributed by atoms with E-state index < -0.39 is 11.9 Å². The largest absolute Gasteiger partial charge is 0.468 e. The first-order valence-corrected chi connectivity index (χ1v) is 4.80. The Morgan fingerprint density at radius 2 is 1.80 bits per heavy atom. The molecule has 0 radical (unpaired) electrons. The van der Waals surface area contributed by atoms with E-state index in [0.29, 0.717) is 19.8 Å². The zero-order chi connectivity index (χ0) is 11.7. The van der Waals surface area contributed by atoms with Crippen LogP contribution in [-0.2, 0) is 23.8 Å². The summed E-state index contributed by atoms with van der Waals surface area (Å²) in [5.41, 5.74) is 0. The van der Waals surface area contributed by atoms with Crippen molar-refractivity contribution >= 4 is 11.8 Å². The number of Topliss-reactive ketones (excluding diaryl/α,β-unsaturated/α-hetero) is 1. The number of hydrogen-bond donors (Lipinski definition) is 0. The van der Waals surface area contributed by atoms with Gasteiger partial charge in [0.25, 0.3) is 0 Å². The van der Waals surface area contributed by atoms with Crippen LogP contribution in [0.2, 0.25) is 0 Å². The van der Waals surface area contributed by atoms with E-state index >= 15 is 0 Å². The number of hydrogen-bond acceptors (Lipinski definition) is 5. The van der Waals surface area contributed by atoms with Crippen LogP contribution in [0.5, 0.6) is 0 Å². The number of ketones is 1. The van der Waals surface area contributed by atoms with Crippen molar-refractivity contribution in [2.24, 2.45) is 5.92 Å². The lowest BCUT2D eigenvalue weighted by Crippen LogP contribution is -2.23. The van der Waals surface area contributed by atoms with Crippen LogP contribution in [0.4, 0.5) is 0 Å². The average Bonchev–Trinajstić information content (AvgIpc) is 2.26. The van der Waals surface area contributed by atoms with E-state index in [4.69, 9.17) is 9.47 Å². The number of methoxy groups -OCH3 is 2. The van der Waals surface area contributed by atoms with E-state index in [0.717, 1.165) is 0 Å². The quantitative estimate of drug-likeness (QED) is 0.335. The second kappa shape index (κ2) is 8.38. The van der Waals surface area contributed by atoms with Gasteiger partial charge >= 0.3 is 5.97 Å². The summed E-state index contributed by atoms with van der Waals surface area (Å²) in [6, 6.07) is 0. The molecule has 0 aliphatic heterocycles. The van der Waals surface area contributed by atoms with Crippen LogP contribution in [0.15, 0.2) is 0 Å². The number of carbonyl (C=O) groups excluding carboxylic acids is 2. The average molecular weight is 218 g/mol. The molecule has 0 aromatic heterocycles. The summed E-state index contributed by atoms with van der Waals surface area (Å²) in [7, 11) is 2.84. The molecule has 0 heterocycles. The summed E-state index contributed by atoms with van der Waals surface area (Å²) in [5.74, 6) is -1.38. The minimum absolute atomic E-state index is 0.167. The molecule has 15 heavy (non-hydrogen) atoms. The van der Waals surface area contributed by atoms with Crippen molar-refractivity contribution in [3.8, 4) is 0 Å². The lowest BCUT2D eigenvalue weighted by molar-refractivity contribution is -0.148. The minimum Gasteiger partial charge on any atom is -0.468 e. The van der Waals surface area contributed by atoms with Crippen LogP contribution in [0.3, 0.4) is 0 Å². The molecule has 0 aliphatic carbocycles. The molecule has 5 nitrogen and oxygen atoms in total. The third kappa shape index (κ3) is 6.19. The summed E-state index contributed by atoms with van der Waals surface area (Å²) in [4.78, 5) is 22.3. The van der Waals surface area contributed by atoms with Gasteiger partial charge < -0.3 is 14.2 Å². The molecule has 0 N–H and O–H groups in total. The Bertz CT molecular complexity index is 202. The monoisotopic (exact) mass is 218 g/mol. The van der Waals surface area contributed by atoms with Gasteiger partial charge in [0.2, 0.25) is 0 Å². The number of ether oxygens (including phenoxy) is 3. The van der Waals surface area contributed by atoms with E-state index in [1.807, 2.05) is 0 Å². The maximum absolute atomic E-state index is 11.4. The number of rotatable bonds is 8. The fraction of sp³-hybridized carbons (Fsp3) is 0.800. The Kier molecular flexibility index (Phi) is 7.85. The van der Waals surface area contributed by atoms with Crippen molar-refractivity contribution < 1.29 is 23.8 Å². The smallest absolute Gasteiger partial charge is 0.315 e. The molecule has 5 heteroatoms. The molecule has 1 unspecified atom stereocenters. The SMILES string of the molecule is COCCOCCC(=O)C(C)C(=O)OC. The Hall–Kier alpha value is -0.940. The molecule has 0 aromatic rings. The molecule has 0 fully saturated rings. The highest BCUT2D eigenvalue weighted by Gasteiger charge is 2.21. The predicted molar refractivity (Wildman–Crippen MR) is 53.5 cm³/mol. The normalized spacial score (nSPS) is 12.2. The Morgan fingerprint density at radius 3 is 2.33 bits per heavy atom. The van der Waals surface area contributed by atoms with Crippen molar-refractivity contribution in [3.63, 3.8) is 0 Å². The van der Waals surface area contributed by atoms with Gasteiger partial charge in [-0.25, -0.2) is 0 Å². The molecule has 0 aromatic carbocycles. The first kappa shape index (κ1) is 14.1. The van der Waals surface area contributed by atoms with E-state index in [1.54, 1.807) is 7.11 Å². The lowest BCUT2D eigenvalue weighted by Gasteiger charge is -2.08. The van der Waals surface area contributed by atoms with E-state index in [9.17, 15) is 9.59 Å². The molecule has 0 bridgehead atoms. The van der Waals surface area contributed by atoms with E-state index in [2.05, 4.69) is 4.74 Å². The molecule has 0 rings (SSSR count). The summed E-state index contributed by atoms with van der Waals surface area (Å²) >= 11 is 0. The van der Waals surface area contributed by atoms with Crippen LogP contribution < -0.4 is 0 Å². The fourth-order valence-corrected chi connectivity index (χ4v) is 0.942. The van der Waals surface area contributed by atoms with Gasteiger partial charge in [0.05, 0.1) is 26.9 Å². The van der Waals surface area contributed by atoms with Crippen LogP contribution in [0.25, 0.3) is 0 Å². The molecular formula is C10H18O5. The highest BCUT2D eigenvalue weighted by Crippen LogP contribution is 2.03. The summed E-state index contributed by atoms with van der Waals surface area (Å²) in [6.07, 6.45) is 0.222. The molecule has 0 aliphatic rings. The van der Waals surface area contributed by atoms with Crippen LogP contribution in [-0.4, -0.2) is 45.8 Å². The topological polar surface area (TPSA) is 61.8 Å². The van der Waals surface area contributed by atoms with Gasteiger partial charge in [0.15, 0.2) is 0 Å². The van der Waals surface area contributed by atoms with Crippen molar-refractivity contribution in [2.75, 3.05) is 34.0 Å². The van der Waals surface area contributed by atoms with Gasteiger partial charge in [-0.1, -0.05) is 0 Å². The van der Waals surface area contributed by atoms with Gasteiger partial charge in [-0.15, -0.1) is 0 Å². The molecule has 0 saturated heterocycles. The van der Waals surface area contributed by atoms with Crippen molar-refractivity contribution in [1.29, 1.82) is 0 Å². The zero-order valence-electron chi connectivity index (χ0n) is 9.45. The molecular weight excluding hydrogens is 200 g/mol. The standard InChI is InChI=1S/C10H18O5/c1-8(10(12)14-3)9(11)4-5-15-7-6-13-2/h8H,4-7H2,1-3H3. The van der Waals surface area contributed by atoms with Gasteiger partial charge in [0, 0.05) is 13.5 Å². The maximum Gasteiger partial charge on any atom is 0.315 e. The molecule has 0 saturated carbocycles. The summed E-state index contributed by atoms with van der Waals surface area (Å²) < 4.78 is 14.3. The highest BCUT2D eigenvalue weighted by molar-refractivity contribution is 5.98. The Labute approximate surface area is 89.7 Å². The summed E-state index contributed by atoms with van der Waals surface area (Å²) in [6.45, 7) is 2.80. The zero-order valence-corrected chi connectivity index (χ0v) is 9.45. The maximum atomic E-state index is 11.4. The van der Waals surface area contributed by atoms with Gasteiger partial charge in [-0.3, -0.25) is 9.59 Å². The highest BCUT2D eigenvalue weighted by atomic mass is 16.5. The third-order valence-corrected chi connectivity index (χ3v) is 1.96. The van der Waals surface area contributed by atoms with Crippen LogP contribution in [0.1, 0.15) is 13.3 Å². The molecule has 88 valence electrons. The second-order valence-electron chi connectivity index (χ2n) is 3.07. The van der Waals surface area contributed by atoms with E-state index in [1.165, 1.54) is 14.0 Å². The summed E-state index contributed by atoms with van der Waals surface area (Å²) in [5, 5.41) is 0. The Morgan fingerprint density at radius 1 is 1.13 bits per heavy atom. The fourth-order valence-electron chi connectivity index (χ4n) is 0.942. The Balaban J connectivity index is 3.60. The third-order valence-electron chi connectivity index (χ3n) is 1.96. The number of esters is 1. The van der Waals surface area contributed by atoms with Crippen molar-refractivity contribution in [3.05, 3.63) is 0 Å². The number of carbonyl (C=O) groups is 2. The molecule has 0 spiro atoms. The molecule has 0 amide bonds. The minimum atomic E-state index is -0.707. The first-order chi connectivity index (χ1) is 7.13. The van der Waals surface area contributed by atoms with Gasteiger partial charge in [-0.05, 0) is 6.92 Å². The van der Waals surface area contributed by atoms with E-state index in [-0.39, 0.29) is 12.2 Å². The van der Waals surface area contributed by atoms with Gasteiger partial charge in [0.1, 0.15) is 11.7 Å². The molecule has 1 atom stereocenters. The van der Waals surface area contributed by atoms with Gasteiger partial charge in [-0.2, -0.15) is 0 Å². The first-order valence-electron chi connectivity index (χ1n) is 4.80. The van der Waals surface area contributed by atoms with Crippen LogP contribution in [0, 0.1) is 5.92 Å².